The average Bonchev–Trinajstić information content (AvgIpc) is 2.77. The molecule has 1 rings (SSSR count). The summed E-state index contributed by atoms with van der Waals surface area (Å²) in [5.74, 6) is 0.803. The van der Waals surface area contributed by atoms with Gasteiger partial charge in [0.15, 0.2) is 0 Å². The number of carbonyl (C=O) groups is 1. The Bertz CT molecular complexity index is 268. The molecule has 1 fully saturated rings. The van der Waals surface area contributed by atoms with Crippen LogP contribution in [-0.4, -0.2) is 35.5 Å². The Morgan fingerprint density at radius 3 is 2.33 bits per heavy atom. The number of hydrogen-bond donors (Lipinski definition) is 1. The highest BCUT2D eigenvalue weighted by Crippen LogP contribution is 2.26. The molecule has 1 amide bonds. The summed E-state index contributed by atoms with van der Waals surface area (Å²) < 4.78 is 0. The van der Waals surface area contributed by atoms with Crippen LogP contribution in [0.4, 0.5) is 0 Å². The number of amides is 1. The molecule has 106 valence electrons. The number of rotatable bonds is 6. The molecule has 0 heterocycles. The largest absolute Gasteiger partial charge is 0.338 e. The summed E-state index contributed by atoms with van der Waals surface area (Å²) in [6, 6.07) is 0.470. The van der Waals surface area contributed by atoms with E-state index in [0.717, 1.165) is 13.1 Å². The predicted octanol–water partition coefficient (Wildman–Crippen LogP) is 2.80. The molecule has 1 saturated carbocycles. The molecule has 0 aromatic heterocycles. The lowest BCUT2D eigenvalue weighted by atomic mass is 10.00. The van der Waals surface area contributed by atoms with Crippen LogP contribution in [0.15, 0.2) is 0 Å². The summed E-state index contributed by atoms with van der Waals surface area (Å²) in [7, 11) is 0. The van der Waals surface area contributed by atoms with Crippen LogP contribution in [0.3, 0.4) is 0 Å². The lowest BCUT2D eigenvalue weighted by Gasteiger charge is -2.37. The smallest absolute Gasteiger partial charge is 0.242 e. The maximum atomic E-state index is 12.7. The van der Waals surface area contributed by atoms with Crippen LogP contribution in [0.2, 0.25) is 0 Å². The Balaban J connectivity index is 2.77. The van der Waals surface area contributed by atoms with Crippen molar-refractivity contribution in [3.05, 3.63) is 0 Å². The van der Waals surface area contributed by atoms with E-state index in [1.807, 2.05) is 13.8 Å². The third kappa shape index (κ3) is 3.98. The van der Waals surface area contributed by atoms with E-state index in [0.29, 0.717) is 12.0 Å². The highest BCUT2D eigenvalue weighted by molar-refractivity contribution is 5.85. The minimum atomic E-state index is -0.438. The van der Waals surface area contributed by atoms with Gasteiger partial charge in [-0.15, -0.1) is 0 Å². The van der Waals surface area contributed by atoms with E-state index in [2.05, 4.69) is 31.0 Å². The van der Waals surface area contributed by atoms with Crippen LogP contribution in [0.25, 0.3) is 0 Å². The van der Waals surface area contributed by atoms with E-state index in [-0.39, 0.29) is 5.91 Å². The van der Waals surface area contributed by atoms with E-state index in [4.69, 9.17) is 0 Å². The summed E-state index contributed by atoms with van der Waals surface area (Å²) >= 11 is 0. The first-order valence-corrected chi connectivity index (χ1v) is 7.44. The van der Waals surface area contributed by atoms with Crippen molar-refractivity contribution in [3.63, 3.8) is 0 Å². The number of nitrogens with one attached hydrogen (secondary N) is 1. The van der Waals surface area contributed by atoms with E-state index in [9.17, 15) is 4.79 Å². The lowest BCUT2D eigenvalue weighted by molar-refractivity contribution is -0.140. The minimum Gasteiger partial charge on any atom is -0.338 e. The molecule has 18 heavy (non-hydrogen) atoms. The number of carbonyl (C=O) groups excluding carboxylic acids is 1. The Labute approximate surface area is 112 Å². The molecule has 0 aromatic carbocycles. The average molecular weight is 254 g/mol. The molecule has 0 spiro atoms. The van der Waals surface area contributed by atoms with Crippen molar-refractivity contribution in [2.75, 3.05) is 13.1 Å². The second-order valence-corrected chi connectivity index (χ2v) is 6.44. The Kier molecular flexibility index (Phi) is 5.64. The molecule has 0 radical (unpaired) electrons. The van der Waals surface area contributed by atoms with Gasteiger partial charge < -0.3 is 10.2 Å². The molecule has 0 bridgehead atoms. The highest BCUT2D eigenvalue weighted by Gasteiger charge is 2.35. The van der Waals surface area contributed by atoms with E-state index >= 15 is 0 Å². The second-order valence-electron chi connectivity index (χ2n) is 6.44. The zero-order valence-corrected chi connectivity index (χ0v) is 12.8. The van der Waals surface area contributed by atoms with Crippen LogP contribution in [-0.2, 0) is 4.79 Å². The van der Waals surface area contributed by atoms with Gasteiger partial charge in [0.25, 0.3) is 0 Å². The minimum absolute atomic E-state index is 0.268. The fourth-order valence-electron chi connectivity index (χ4n) is 2.88. The van der Waals surface area contributed by atoms with Crippen LogP contribution in [0.5, 0.6) is 0 Å². The third-order valence-electron chi connectivity index (χ3n) is 3.74. The molecule has 1 aliphatic carbocycles. The molecule has 3 nitrogen and oxygen atoms in total. The van der Waals surface area contributed by atoms with Crippen molar-refractivity contribution in [2.24, 2.45) is 5.92 Å². The van der Waals surface area contributed by atoms with Crippen LogP contribution in [0.1, 0.15) is 60.3 Å². The number of nitrogens with zero attached hydrogens (tertiary/aromatic N) is 1. The van der Waals surface area contributed by atoms with Crippen molar-refractivity contribution >= 4 is 5.91 Å². The second kappa shape index (κ2) is 6.55. The van der Waals surface area contributed by atoms with Gasteiger partial charge in [0, 0.05) is 12.6 Å². The Morgan fingerprint density at radius 1 is 1.33 bits per heavy atom. The predicted molar refractivity (Wildman–Crippen MR) is 76.6 cm³/mol. The molecule has 0 aromatic rings. The molecule has 1 aliphatic rings. The summed E-state index contributed by atoms with van der Waals surface area (Å²) in [6.45, 7) is 12.2. The van der Waals surface area contributed by atoms with Gasteiger partial charge in [-0.2, -0.15) is 0 Å². The summed E-state index contributed by atoms with van der Waals surface area (Å²) in [4.78, 5) is 14.9. The van der Waals surface area contributed by atoms with Crippen molar-refractivity contribution in [1.82, 2.24) is 10.2 Å². The summed E-state index contributed by atoms with van der Waals surface area (Å²) in [5, 5.41) is 3.31. The molecule has 0 unspecified atom stereocenters. The van der Waals surface area contributed by atoms with Gasteiger partial charge in [-0.05, 0) is 39.2 Å². The normalized spacial score (nSPS) is 17.4. The standard InChI is InChI=1S/C15H30N2O/c1-6-16-15(4,5)14(18)17(11-12(2)3)13-9-7-8-10-13/h12-13,16H,6-11H2,1-5H3. The van der Waals surface area contributed by atoms with E-state index < -0.39 is 5.54 Å². The molecule has 0 atom stereocenters. The number of likely N-dealkylation sites (N-methyl/N-ethyl adjacent to an activating group) is 1. The monoisotopic (exact) mass is 254 g/mol. The van der Waals surface area contributed by atoms with Crippen molar-refractivity contribution in [1.29, 1.82) is 0 Å². The first-order valence-electron chi connectivity index (χ1n) is 7.44. The zero-order chi connectivity index (χ0) is 13.8. The van der Waals surface area contributed by atoms with Gasteiger partial charge in [-0.3, -0.25) is 4.79 Å². The molecular weight excluding hydrogens is 224 g/mol. The molecule has 1 N–H and O–H groups in total. The van der Waals surface area contributed by atoms with Gasteiger partial charge in [0.1, 0.15) is 0 Å². The van der Waals surface area contributed by atoms with Crippen molar-refractivity contribution in [2.45, 2.75) is 71.9 Å². The van der Waals surface area contributed by atoms with Crippen LogP contribution in [0, 0.1) is 5.92 Å². The van der Waals surface area contributed by atoms with Gasteiger partial charge in [0.05, 0.1) is 5.54 Å². The van der Waals surface area contributed by atoms with Gasteiger partial charge in [-0.1, -0.05) is 33.6 Å². The quantitative estimate of drug-likeness (QED) is 0.790. The first kappa shape index (κ1) is 15.5. The maximum absolute atomic E-state index is 12.7. The third-order valence-corrected chi connectivity index (χ3v) is 3.74. The van der Waals surface area contributed by atoms with Gasteiger partial charge in [0.2, 0.25) is 5.91 Å². The van der Waals surface area contributed by atoms with Crippen molar-refractivity contribution in [3.8, 4) is 0 Å². The van der Waals surface area contributed by atoms with Gasteiger partial charge in [-0.25, -0.2) is 0 Å². The summed E-state index contributed by atoms with van der Waals surface area (Å²) in [5.41, 5.74) is -0.438. The van der Waals surface area contributed by atoms with E-state index in [1.165, 1.54) is 25.7 Å². The highest BCUT2D eigenvalue weighted by atomic mass is 16.2. The first-order chi connectivity index (χ1) is 8.38. The van der Waals surface area contributed by atoms with Crippen LogP contribution < -0.4 is 5.32 Å². The summed E-state index contributed by atoms with van der Waals surface area (Å²) in [6.07, 6.45) is 4.91. The Hall–Kier alpha value is -0.570. The van der Waals surface area contributed by atoms with Crippen molar-refractivity contribution < 1.29 is 4.79 Å². The SMILES string of the molecule is CCNC(C)(C)C(=O)N(CC(C)C)C1CCCC1. The zero-order valence-electron chi connectivity index (χ0n) is 12.8. The fraction of sp³-hybridized carbons (Fsp3) is 0.933. The molecular formula is C15H30N2O. The van der Waals surface area contributed by atoms with Gasteiger partial charge >= 0.3 is 0 Å². The molecule has 0 saturated heterocycles. The fourth-order valence-corrected chi connectivity index (χ4v) is 2.88. The Morgan fingerprint density at radius 2 is 1.89 bits per heavy atom. The number of hydrogen-bond acceptors (Lipinski definition) is 2. The maximum Gasteiger partial charge on any atom is 0.242 e. The molecule has 3 heteroatoms. The van der Waals surface area contributed by atoms with E-state index in [1.54, 1.807) is 0 Å². The lowest BCUT2D eigenvalue weighted by Crippen LogP contribution is -2.57. The molecule has 0 aliphatic heterocycles. The topological polar surface area (TPSA) is 32.3 Å². The van der Waals surface area contributed by atoms with Crippen LogP contribution >= 0.6 is 0 Å².